The van der Waals surface area contributed by atoms with Crippen LogP contribution in [0.2, 0.25) is 0 Å². The van der Waals surface area contributed by atoms with E-state index in [1.165, 1.54) is 12.1 Å². The summed E-state index contributed by atoms with van der Waals surface area (Å²) in [6.07, 6.45) is -0.463. The Morgan fingerprint density at radius 2 is 1.67 bits per heavy atom. The van der Waals surface area contributed by atoms with E-state index >= 15 is 0 Å². The van der Waals surface area contributed by atoms with Gasteiger partial charge in [-0.2, -0.15) is 0 Å². The number of rotatable bonds is 5. The molecule has 2 aromatic carbocycles. The molecule has 0 aliphatic carbocycles. The Bertz CT molecular complexity index is 582. The lowest BCUT2D eigenvalue weighted by molar-refractivity contribution is 0.168. The van der Waals surface area contributed by atoms with Gasteiger partial charge in [-0.1, -0.05) is 12.1 Å². The molecule has 0 aliphatic heterocycles. The maximum atomic E-state index is 12.8. The van der Waals surface area contributed by atoms with Gasteiger partial charge in [-0.15, -0.1) is 0 Å². The summed E-state index contributed by atoms with van der Waals surface area (Å²) >= 11 is 0. The van der Waals surface area contributed by atoms with Crippen LogP contribution in [0.15, 0.2) is 48.5 Å². The molecule has 1 amide bonds. The summed E-state index contributed by atoms with van der Waals surface area (Å²) in [5.74, 6) is -0.255. The minimum atomic E-state index is -0.463. The first-order valence-electron chi connectivity index (χ1n) is 6.69. The van der Waals surface area contributed by atoms with E-state index in [0.29, 0.717) is 18.8 Å². The Labute approximate surface area is 122 Å². The Morgan fingerprint density at radius 3 is 2.29 bits per heavy atom. The van der Waals surface area contributed by atoms with Gasteiger partial charge in [0, 0.05) is 17.9 Å². The second kappa shape index (κ2) is 7.28. The molecule has 21 heavy (non-hydrogen) atoms. The average Bonchev–Trinajstić information content (AvgIpc) is 2.48. The Hall–Kier alpha value is -2.56. The Balaban J connectivity index is 1.87. The van der Waals surface area contributed by atoms with Gasteiger partial charge in [0.2, 0.25) is 0 Å². The number of halogens is 1. The van der Waals surface area contributed by atoms with E-state index in [-0.39, 0.29) is 5.82 Å². The molecule has 0 aromatic heterocycles. The summed E-state index contributed by atoms with van der Waals surface area (Å²) in [4.78, 5) is 11.3. The van der Waals surface area contributed by atoms with Crippen molar-refractivity contribution in [1.29, 1.82) is 0 Å². The van der Waals surface area contributed by atoms with Crippen LogP contribution in [0.4, 0.5) is 20.6 Å². The molecule has 0 atom stereocenters. The van der Waals surface area contributed by atoms with Gasteiger partial charge in [0.25, 0.3) is 0 Å². The van der Waals surface area contributed by atoms with Crippen molar-refractivity contribution in [2.45, 2.75) is 13.5 Å². The zero-order chi connectivity index (χ0) is 15.1. The monoisotopic (exact) mass is 288 g/mol. The second-order valence-electron chi connectivity index (χ2n) is 4.40. The fourth-order valence-corrected chi connectivity index (χ4v) is 1.76. The molecule has 0 saturated carbocycles. The van der Waals surface area contributed by atoms with Gasteiger partial charge in [0.1, 0.15) is 5.82 Å². The van der Waals surface area contributed by atoms with Crippen molar-refractivity contribution in [2.75, 3.05) is 17.2 Å². The molecule has 110 valence electrons. The molecule has 0 heterocycles. The maximum Gasteiger partial charge on any atom is 0.411 e. The zero-order valence-electron chi connectivity index (χ0n) is 11.7. The van der Waals surface area contributed by atoms with Crippen LogP contribution >= 0.6 is 0 Å². The normalized spacial score (nSPS) is 10.0. The van der Waals surface area contributed by atoms with Gasteiger partial charge in [-0.3, -0.25) is 5.32 Å². The van der Waals surface area contributed by atoms with Crippen molar-refractivity contribution in [3.05, 3.63) is 59.9 Å². The number of hydrogen-bond acceptors (Lipinski definition) is 3. The lowest BCUT2D eigenvalue weighted by Crippen LogP contribution is -2.13. The molecular weight excluding hydrogens is 271 g/mol. The van der Waals surface area contributed by atoms with E-state index in [2.05, 4.69) is 10.6 Å². The van der Waals surface area contributed by atoms with Crippen LogP contribution in [0.25, 0.3) is 0 Å². The number of anilines is 2. The molecule has 2 aromatic rings. The fourth-order valence-electron chi connectivity index (χ4n) is 1.76. The quantitative estimate of drug-likeness (QED) is 0.874. The van der Waals surface area contributed by atoms with Gasteiger partial charge in [-0.05, 0) is 48.9 Å². The van der Waals surface area contributed by atoms with Crippen LogP contribution in [0.3, 0.4) is 0 Å². The number of amides is 1. The highest BCUT2D eigenvalue weighted by Crippen LogP contribution is 2.13. The van der Waals surface area contributed by atoms with E-state index in [1.54, 1.807) is 31.2 Å². The summed E-state index contributed by atoms with van der Waals surface area (Å²) in [5, 5.41) is 5.82. The molecule has 0 unspecified atom stereocenters. The Morgan fingerprint density at radius 1 is 1.05 bits per heavy atom. The molecular formula is C16H17FN2O2. The SMILES string of the molecule is CCOC(=O)Nc1ccc(CNc2ccc(F)cc2)cc1. The number of nitrogens with one attached hydrogen (secondary N) is 2. The number of carbonyl (C=O) groups is 1. The van der Waals surface area contributed by atoms with Gasteiger partial charge < -0.3 is 10.1 Å². The first-order chi connectivity index (χ1) is 10.2. The standard InChI is InChI=1S/C16H17FN2O2/c1-2-21-16(20)19-15-7-3-12(4-8-15)11-18-14-9-5-13(17)6-10-14/h3-10,18H,2,11H2,1H3,(H,19,20). The highest BCUT2D eigenvalue weighted by atomic mass is 19.1. The topological polar surface area (TPSA) is 50.4 Å². The van der Waals surface area contributed by atoms with Gasteiger partial charge >= 0.3 is 6.09 Å². The molecule has 5 heteroatoms. The van der Waals surface area contributed by atoms with E-state index in [9.17, 15) is 9.18 Å². The summed E-state index contributed by atoms with van der Waals surface area (Å²) in [7, 11) is 0. The highest BCUT2D eigenvalue weighted by molar-refractivity contribution is 5.84. The first-order valence-corrected chi connectivity index (χ1v) is 6.69. The largest absolute Gasteiger partial charge is 0.450 e. The van der Waals surface area contributed by atoms with Gasteiger partial charge in [-0.25, -0.2) is 9.18 Å². The third kappa shape index (κ3) is 4.80. The number of hydrogen-bond donors (Lipinski definition) is 2. The molecule has 0 saturated heterocycles. The Kier molecular flexibility index (Phi) is 5.15. The van der Waals surface area contributed by atoms with Crippen molar-refractivity contribution in [1.82, 2.24) is 0 Å². The van der Waals surface area contributed by atoms with E-state index in [1.807, 2.05) is 12.1 Å². The molecule has 0 radical (unpaired) electrons. The smallest absolute Gasteiger partial charge is 0.411 e. The lowest BCUT2D eigenvalue weighted by atomic mass is 10.2. The second-order valence-corrected chi connectivity index (χ2v) is 4.40. The molecule has 2 N–H and O–H groups in total. The van der Waals surface area contributed by atoms with Crippen LogP contribution in [-0.4, -0.2) is 12.7 Å². The molecule has 0 aliphatic rings. The van der Waals surface area contributed by atoms with Crippen molar-refractivity contribution < 1.29 is 13.9 Å². The van der Waals surface area contributed by atoms with Gasteiger partial charge in [0.15, 0.2) is 0 Å². The molecule has 2 rings (SSSR count). The third-order valence-corrected chi connectivity index (χ3v) is 2.82. The maximum absolute atomic E-state index is 12.8. The number of carbonyl (C=O) groups excluding carboxylic acids is 1. The molecule has 4 nitrogen and oxygen atoms in total. The summed E-state index contributed by atoms with van der Waals surface area (Å²) in [6, 6.07) is 13.6. The van der Waals surface area contributed by atoms with Crippen molar-refractivity contribution in [3.63, 3.8) is 0 Å². The van der Waals surface area contributed by atoms with E-state index in [0.717, 1.165) is 11.3 Å². The highest BCUT2D eigenvalue weighted by Gasteiger charge is 2.01. The fraction of sp³-hybridized carbons (Fsp3) is 0.188. The van der Waals surface area contributed by atoms with Crippen LogP contribution in [0.5, 0.6) is 0 Å². The van der Waals surface area contributed by atoms with Crippen molar-refractivity contribution in [2.24, 2.45) is 0 Å². The third-order valence-electron chi connectivity index (χ3n) is 2.82. The number of benzene rings is 2. The predicted molar refractivity (Wildman–Crippen MR) is 80.8 cm³/mol. The first kappa shape index (κ1) is 14.8. The predicted octanol–water partition coefficient (Wildman–Crippen LogP) is 4.01. The van der Waals surface area contributed by atoms with Crippen molar-refractivity contribution in [3.8, 4) is 0 Å². The van der Waals surface area contributed by atoms with Gasteiger partial charge in [0.05, 0.1) is 6.61 Å². The van der Waals surface area contributed by atoms with Crippen molar-refractivity contribution >= 4 is 17.5 Å². The minimum Gasteiger partial charge on any atom is -0.450 e. The lowest BCUT2D eigenvalue weighted by Gasteiger charge is -2.08. The molecule has 0 spiro atoms. The van der Waals surface area contributed by atoms with Crippen LogP contribution in [0.1, 0.15) is 12.5 Å². The summed E-state index contributed by atoms with van der Waals surface area (Å²) < 4.78 is 17.6. The zero-order valence-corrected chi connectivity index (χ0v) is 11.7. The summed E-state index contributed by atoms with van der Waals surface area (Å²) in [6.45, 7) is 2.71. The van der Waals surface area contributed by atoms with Crippen LogP contribution in [0, 0.1) is 5.82 Å². The molecule has 0 fully saturated rings. The van der Waals surface area contributed by atoms with E-state index in [4.69, 9.17) is 4.74 Å². The summed E-state index contributed by atoms with van der Waals surface area (Å²) in [5.41, 5.74) is 2.58. The minimum absolute atomic E-state index is 0.255. The number of ether oxygens (including phenoxy) is 1. The molecule has 0 bridgehead atoms. The van der Waals surface area contributed by atoms with Crippen LogP contribution < -0.4 is 10.6 Å². The van der Waals surface area contributed by atoms with Crippen LogP contribution in [-0.2, 0) is 11.3 Å². The van der Waals surface area contributed by atoms with E-state index < -0.39 is 6.09 Å². The average molecular weight is 288 g/mol.